The molecule has 0 amide bonds. The summed E-state index contributed by atoms with van der Waals surface area (Å²) in [6.07, 6.45) is 2.26. The fourth-order valence-electron chi connectivity index (χ4n) is 2.04. The summed E-state index contributed by atoms with van der Waals surface area (Å²) < 4.78 is 27.2. The van der Waals surface area contributed by atoms with Gasteiger partial charge < -0.3 is 5.32 Å². The van der Waals surface area contributed by atoms with Gasteiger partial charge in [0.1, 0.15) is 11.6 Å². The average molecular weight is 262 g/mol. The molecule has 0 aliphatic rings. The molecule has 0 bridgehead atoms. The van der Waals surface area contributed by atoms with Crippen LogP contribution in [0, 0.1) is 18.6 Å². The van der Waals surface area contributed by atoms with E-state index < -0.39 is 11.6 Å². The van der Waals surface area contributed by atoms with Crippen LogP contribution in [-0.4, -0.2) is 12.0 Å². The second-order valence-corrected chi connectivity index (χ2v) is 4.49. The van der Waals surface area contributed by atoms with Gasteiger partial charge in [-0.05, 0) is 37.7 Å². The van der Waals surface area contributed by atoms with Gasteiger partial charge >= 0.3 is 0 Å². The quantitative estimate of drug-likeness (QED) is 0.915. The number of aromatic nitrogens is 1. The Balaban J connectivity index is 2.30. The topological polar surface area (TPSA) is 24.9 Å². The second-order valence-electron chi connectivity index (χ2n) is 4.49. The second kappa shape index (κ2) is 5.89. The molecule has 0 aliphatic heterocycles. The lowest BCUT2D eigenvalue weighted by Crippen LogP contribution is -2.21. The fraction of sp³-hybridized carbons (Fsp3) is 0.267. The summed E-state index contributed by atoms with van der Waals surface area (Å²) in [4.78, 5) is 4.23. The van der Waals surface area contributed by atoms with Crippen molar-refractivity contribution in [3.05, 3.63) is 65.0 Å². The lowest BCUT2D eigenvalue weighted by Gasteiger charge is -2.18. The summed E-state index contributed by atoms with van der Waals surface area (Å²) >= 11 is 0. The summed E-state index contributed by atoms with van der Waals surface area (Å²) in [5, 5.41) is 3.05. The van der Waals surface area contributed by atoms with Crippen LogP contribution in [0.2, 0.25) is 0 Å². The van der Waals surface area contributed by atoms with Gasteiger partial charge in [-0.25, -0.2) is 8.78 Å². The van der Waals surface area contributed by atoms with E-state index in [2.05, 4.69) is 10.3 Å². The Morgan fingerprint density at radius 3 is 2.63 bits per heavy atom. The number of likely N-dealkylation sites (N-methyl/N-ethyl adjacent to an activating group) is 1. The van der Waals surface area contributed by atoms with E-state index in [1.165, 1.54) is 0 Å². The average Bonchev–Trinajstić information content (AvgIpc) is 2.42. The van der Waals surface area contributed by atoms with Gasteiger partial charge in [0.15, 0.2) is 0 Å². The summed E-state index contributed by atoms with van der Waals surface area (Å²) in [6.45, 7) is 1.63. The monoisotopic (exact) mass is 262 g/mol. The number of aryl methyl sites for hydroxylation is 1. The van der Waals surface area contributed by atoms with Gasteiger partial charge in [0, 0.05) is 36.0 Å². The minimum absolute atomic E-state index is 0.228. The van der Waals surface area contributed by atoms with Gasteiger partial charge in [-0.3, -0.25) is 4.98 Å². The molecule has 1 aromatic carbocycles. The number of rotatable bonds is 4. The molecular formula is C15H16F2N2. The van der Waals surface area contributed by atoms with E-state index in [4.69, 9.17) is 0 Å². The summed E-state index contributed by atoms with van der Waals surface area (Å²) in [5.41, 5.74) is 1.77. The zero-order chi connectivity index (χ0) is 13.8. The van der Waals surface area contributed by atoms with E-state index in [1.54, 1.807) is 26.2 Å². The Kier molecular flexibility index (Phi) is 4.22. The predicted molar refractivity (Wildman–Crippen MR) is 70.8 cm³/mol. The van der Waals surface area contributed by atoms with Crippen LogP contribution < -0.4 is 5.32 Å². The highest BCUT2D eigenvalue weighted by atomic mass is 19.1. The van der Waals surface area contributed by atoms with Gasteiger partial charge in [-0.1, -0.05) is 6.07 Å². The Labute approximate surface area is 111 Å². The first-order chi connectivity index (χ1) is 9.11. The van der Waals surface area contributed by atoms with E-state index in [0.717, 1.165) is 11.8 Å². The molecule has 0 radical (unpaired) electrons. The van der Waals surface area contributed by atoms with Crippen LogP contribution in [0.25, 0.3) is 0 Å². The zero-order valence-electron chi connectivity index (χ0n) is 11.0. The number of hydrogen-bond donors (Lipinski definition) is 1. The molecule has 1 atom stereocenters. The highest BCUT2D eigenvalue weighted by Crippen LogP contribution is 2.23. The minimum Gasteiger partial charge on any atom is -0.313 e. The Morgan fingerprint density at radius 2 is 2.00 bits per heavy atom. The van der Waals surface area contributed by atoms with Crippen molar-refractivity contribution in [3.63, 3.8) is 0 Å². The molecule has 1 unspecified atom stereocenters. The van der Waals surface area contributed by atoms with Crippen molar-refractivity contribution in [3.8, 4) is 0 Å². The van der Waals surface area contributed by atoms with Gasteiger partial charge in [-0.2, -0.15) is 0 Å². The number of nitrogens with zero attached hydrogens (tertiary/aromatic N) is 1. The van der Waals surface area contributed by atoms with Crippen molar-refractivity contribution < 1.29 is 8.78 Å². The molecule has 0 saturated carbocycles. The Hall–Kier alpha value is -1.81. The molecule has 2 aromatic rings. The maximum atomic E-state index is 13.9. The number of pyridine rings is 1. The molecule has 2 nitrogen and oxygen atoms in total. The first-order valence-electron chi connectivity index (χ1n) is 6.14. The lowest BCUT2D eigenvalue weighted by atomic mass is 9.99. The molecule has 19 heavy (non-hydrogen) atoms. The highest BCUT2D eigenvalue weighted by molar-refractivity contribution is 5.29. The molecule has 100 valence electrons. The van der Waals surface area contributed by atoms with Gasteiger partial charge in [0.2, 0.25) is 0 Å². The molecule has 1 heterocycles. The van der Waals surface area contributed by atoms with Crippen LogP contribution in [-0.2, 0) is 6.42 Å². The van der Waals surface area contributed by atoms with Crippen molar-refractivity contribution in [2.75, 3.05) is 7.05 Å². The lowest BCUT2D eigenvalue weighted by molar-refractivity contribution is 0.516. The fourth-order valence-corrected chi connectivity index (χ4v) is 2.04. The summed E-state index contributed by atoms with van der Waals surface area (Å²) in [7, 11) is 1.76. The maximum absolute atomic E-state index is 13.9. The first-order valence-corrected chi connectivity index (χ1v) is 6.14. The normalized spacial score (nSPS) is 12.4. The van der Waals surface area contributed by atoms with Crippen molar-refractivity contribution >= 4 is 0 Å². The first kappa shape index (κ1) is 13.6. The molecule has 2 rings (SSSR count). The Morgan fingerprint density at radius 1 is 1.21 bits per heavy atom. The van der Waals surface area contributed by atoms with Crippen LogP contribution in [0.1, 0.15) is 22.9 Å². The summed E-state index contributed by atoms with van der Waals surface area (Å²) in [5.74, 6) is -1.05. The SMILES string of the molecule is CNC(Cc1ccccn1)c1cc(C)c(F)cc1F. The van der Waals surface area contributed by atoms with Crippen LogP contribution in [0.4, 0.5) is 8.78 Å². The molecule has 1 aromatic heterocycles. The van der Waals surface area contributed by atoms with E-state index >= 15 is 0 Å². The van der Waals surface area contributed by atoms with E-state index in [9.17, 15) is 8.78 Å². The van der Waals surface area contributed by atoms with Crippen molar-refractivity contribution in [2.45, 2.75) is 19.4 Å². The molecule has 4 heteroatoms. The number of nitrogens with one attached hydrogen (secondary N) is 1. The number of halogens is 2. The molecule has 0 aliphatic carbocycles. The number of hydrogen-bond acceptors (Lipinski definition) is 2. The highest BCUT2D eigenvalue weighted by Gasteiger charge is 2.17. The van der Waals surface area contributed by atoms with E-state index in [0.29, 0.717) is 17.5 Å². The van der Waals surface area contributed by atoms with E-state index in [-0.39, 0.29) is 6.04 Å². The maximum Gasteiger partial charge on any atom is 0.130 e. The summed E-state index contributed by atoms with van der Waals surface area (Å²) in [6, 6.07) is 7.87. The van der Waals surface area contributed by atoms with Gasteiger partial charge in [0.25, 0.3) is 0 Å². The molecule has 0 saturated heterocycles. The molecule has 1 N–H and O–H groups in total. The Bertz CT molecular complexity index is 556. The number of benzene rings is 1. The van der Waals surface area contributed by atoms with Gasteiger partial charge in [-0.15, -0.1) is 0 Å². The van der Waals surface area contributed by atoms with E-state index in [1.807, 2.05) is 18.2 Å². The van der Waals surface area contributed by atoms with Gasteiger partial charge in [0.05, 0.1) is 0 Å². The molecule has 0 fully saturated rings. The van der Waals surface area contributed by atoms with Crippen LogP contribution >= 0.6 is 0 Å². The van der Waals surface area contributed by atoms with Crippen LogP contribution in [0.15, 0.2) is 36.5 Å². The van der Waals surface area contributed by atoms with Crippen LogP contribution in [0.3, 0.4) is 0 Å². The largest absolute Gasteiger partial charge is 0.313 e. The zero-order valence-corrected chi connectivity index (χ0v) is 11.0. The third-order valence-electron chi connectivity index (χ3n) is 3.14. The van der Waals surface area contributed by atoms with Crippen molar-refractivity contribution in [2.24, 2.45) is 0 Å². The smallest absolute Gasteiger partial charge is 0.130 e. The third-order valence-corrected chi connectivity index (χ3v) is 3.14. The predicted octanol–water partition coefficient (Wildman–Crippen LogP) is 3.17. The van der Waals surface area contributed by atoms with Crippen LogP contribution in [0.5, 0.6) is 0 Å². The standard InChI is InChI=1S/C15H16F2N2/c1-10-7-12(14(17)9-13(10)16)15(18-2)8-11-5-3-4-6-19-11/h3-7,9,15,18H,8H2,1-2H3. The third kappa shape index (κ3) is 3.15. The van der Waals surface area contributed by atoms with Crippen molar-refractivity contribution in [1.29, 1.82) is 0 Å². The molecular weight excluding hydrogens is 246 g/mol. The van der Waals surface area contributed by atoms with Crippen molar-refractivity contribution in [1.82, 2.24) is 10.3 Å². The molecule has 0 spiro atoms. The minimum atomic E-state index is -0.529.